The van der Waals surface area contributed by atoms with Crippen molar-refractivity contribution >= 4 is 0 Å². The van der Waals surface area contributed by atoms with E-state index in [0.717, 1.165) is 22.6 Å². The van der Waals surface area contributed by atoms with Crippen molar-refractivity contribution in [2.75, 3.05) is 13.7 Å². The molecular weight excluding hydrogens is 240 g/mol. The molecule has 2 aromatic rings. The van der Waals surface area contributed by atoms with Gasteiger partial charge in [-0.1, -0.05) is 24.3 Å². The molecule has 0 aromatic heterocycles. The fourth-order valence-corrected chi connectivity index (χ4v) is 1.77. The van der Waals surface area contributed by atoms with Gasteiger partial charge in [-0.15, -0.1) is 0 Å². The van der Waals surface area contributed by atoms with Gasteiger partial charge >= 0.3 is 0 Å². The number of aliphatic hydroxyl groups excluding tert-OH is 1. The van der Waals surface area contributed by atoms with Crippen molar-refractivity contribution in [1.82, 2.24) is 0 Å². The number of ether oxygens (including phenoxy) is 2. The third-order valence-electron chi connectivity index (χ3n) is 2.89. The first kappa shape index (κ1) is 13.4. The summed E-state index contributed by atoms with van der Waals surface area (Å²) < 4.78 is 10.8. The smallest absolute Gasteiger partial charge is 0.119 e. The molecule has 0 bridgehead atoms. The second-order valence-corrected chi connectivity index (χ2v) is 4.25. The van der Waals surface area contributed by atoms with E-state index < -0.39 is 0 Å². The quantitative estimate of drug-likeness (QED) is 0.866. The van der Waals surface area contributed by atoms with Crippen molar-refractivity contribution in [2.45, 2.75) is 13.0 Å². The molecule has 0 aliphatic heterocycles. The highest BCUT2D eigenvalue weighted by Crippen LogP contribution is 2.16. The molecule has 100 valence electrons. The summed E-state index contributed by atoms with van der Waals surface area (Å²) in [5.41, 5.74) is 2.21. The summed E-state index contributed by atoms with van der Waals surface area (Å²) in [5, 5.41) is 8.84. The first-order chi connectivity index (χ1) is 9.31. The van der Waals surface area contributed by atoms with Crippen LogP contribution < -0.4 is 9.47 Å². The maximum absolute atomic E-state index is 8.84. The molecule has 3 heteroatoms. The van der Waals surface area contributed by atoms with Gasteiger partial charge in [-0.25, -0.2) is 0 Å². The van der Waals surface area contributed by atoms with Crippen molar-refractivity contribution < 1.29 is 14.6 Å². The Labute approximate surface area is 113 Å². The Morgan fingerprint density at radius 3 is 2.00 bits per heavy atom. The SMILES string of the molecule is COc1ccc(COc2ccc(CCO)cc2)cc1. The molecule has 0 heterocycles. The highest BCUT2D eigenvalue weighted by Gasteiger charge is 1.98. The maximum Gasteiger partial charge on any atom is 0.119 e. The maximum atomic E-state index is 8.84. The summed E-state index contributed by atoms with van der Waals surface area (Å²) in [5.74, 6) is 1.68. The summed E-state index contributed by atoms with van der Waals surface area (Å²) >= 11 is 0. The Morgan fingerprint density at radius 1 is 0.842 bits per heavy atom. The van der Waals surface area contributed by atoms with E-state index in [1.165, 1.54) is 0 Å². The average molecular weight is 258 g/mol. The summed E-state index contributed by atoms with van der Waals surface area (Å²) in [4.78, 5) is 0. The van der Waals surface area contributed by atoms with Gasteiger partial charge in [0.2, 0.25) is 0 Å². The van der Waals surface area contributed by atoms with Crippen molar-refractivity contribution in [3.05, 3.63) is 59.7 Å². The van der Waals surface area contributed by atoms with Crippen molar-refractivity contribution in [3.63, 3.8) is 0 Å². The molecule has 1 N–H and O–H groups in total. The third-order valence-corrected chi connectivity index (χ3v) is 2.89. The molecule has 3 nitrogen and oxygen atoms in total. The second-order valence-electron chi connectivity index (χ2n) is 4.25. The first-order valence-corrected chi connectivity index (χ1v) is 6.27. The van der Waals surface area contributed by atoms with Crippen molar-refractivity contribution in [1.29, 1.82) is 0 Å². The van der Waals surface area contributed by atoms with Crippen LogP contribution in [0.4, 0.5) is 0 Å². The number of benzene rings is 2. The van der Waals surface area contributed by atoms with Crippen LogP contribution >= 0.6 is 0 Å². The minimum absolute atomic E-state index is 0.173. The molecule has 0 atom stereocenters. The Kier molecular flexibility index (Phi) is 4.81. The molecule has 0 amide bonds. The van der Waals surface area contributed by atoms with E-state index in [0.29, 0.717) is 13.0 Å². The van der Waals surface area contributed by atoms with Crippen LogP contribution in [0.25, 0.3) is 0 Å². The van der Waals surface area contributed by atoms with Gasteiger partial charge in [0.1, 0.15) is 18.1 Å². The van der Waals surface area contributed by atoms with Gasteiger partial charge in [-0.05, 0) is 41.8 Å². The minimum atomic E-state index is 0.173. The number of aliphatic hydroxyl groups is 1. The Balaban J connectivity index is 1.90. The normalized spacial score (nSPS) is 10.2. The van der Waals surface area contributed by atoms with Crippen LogP contribution in [0.2, 0.25) is 0 Å². The number of hydrogen-bond donors (Lipinski definition) is 1. The van der Waals surface area contributed by atoms with Crippen LogP contribution in [0.3, 0.4) is 0 Å². The van der Waals surface area contributed by atoms with E-state index in [9.17, 15) is 0 Å². The van der Waals surface area contributed by atoms with Gasteiger partial charge in [0, 0.05) is 6.61 Å². The van der Waals surface area contributed by atoms with Crippen LogP contribution in [0.1, 0.15) is 11.1 Å². The van der Waals surface area contributed by atoms with Crippen molar-refractivity contribution in [2.24, 2.45) is 0 Å². The lowest BCUT2D eigenvalue weighted by atomic mass is 10.1. The minimum Gasteiger partial charge on any atom is -0.497 e. The van der Waals surface area contributed by atoms with Gasteiger partial charge in [0.05, 0.1) is 7.11 Å². The van der Waals surface area contributed by atoms with Crippen LogP contribution in [0.15, 0.2) is 48.5 Å². The van der Waals surface area contributed by atoms with Gasteiger partial charge in [0.25, 0.3) is 0 Å². The lowest BCUT2D eigenvalue weighted by Gasteiger charge is -2.07. The van der Waals surface area contributed by atoms with Crippen LogP contribution in [-0.4, -0.2) is 18.8 Å². The monoisotopic (exact) mass is 258 g/mol. The summed E-state index contributed by atoms with van der Waals surface area (Å²) in [6.07, 6.45) is 0.679. The zero-order chi connectivity index (χ0) is 13.5. The average Bonchev–Trinajstić information content (AvgIpc) is 2.47. The van der Waals surface area contributed by atoms with Gasteiger partial charge in [0.15, 0.2) is 0 Å². The molecule has 0 saturated heterocycles. The van der Waals surface area contributed by atoms with Crippen LogP contribution in [0, 0.1) is 0 Å². The number of rotatable bonds is 6. The van der Waals surface area contributed by atoms with E-state index in [1.807, 2.05) is 48.5 Å². The highest BCUT2D eigenvalue weighted by atomic mass is 16.5. The Morgan fingerprint density at radius 2 is 1.42 bits per heavy atom. The van der Waals surface area contributed by atoms with E-state index >= 15 is 0 Å². The Bertz CT molecular complexity index is 488. The fraction of sp³-hybridized carbons (Fsp3) is 0.250. The zero-order valence-corrected chi connectivity index (χ0v) is 11.0. The second kappa shape index (κ2) is 6.81. The van der Waals surface area contributed by atoms with Crippen LogP contribution in [-0.2, 0) is 13.0 Å². The molecule has 2 aromatic carbocycles. The molecular formula is C16H18O3. The molecule has 0 aliphatic carbocycles. The number of hydrogen-bond acceptors (Lipinski definition) is 3. The topological polar surface area (TPSA) is 38.7 Å². The molecule has 19 heavy (non-hydrogen) atoms. The fourth-order valence-electron chi connectivity index (χ4n) is 1.77. The predicted octanol–water partition coefficient (Wildman–Crippen LogP) is 2.81. The van der Waals surface area contributed by atoms with Gasteiger partial charge < -0.3 is 14.6 Å². The largest absolute Gasteiger partial charge is 0.497 e. The third kappa shape index (κ3) is 4.00. The van der Waals surface area contributed by atoms with E-state index in [2.05, 4.69) is 0 Å². The molecule has 0 spiro atoms. The lowest BCUT2D eigenvalue weighted by molar-refractivity contribution is 0.298. The molecule has 0 fully saturated rings. The summed E-state index contributed by atoms with van der Waals surface area (Å²) in [6.45, 7) is 0.704. The molecule has 0 radical (unpaired) electrons. The van der Waals surface area contributed by atoms with E-state index in [-0.39, 0.29) is 6.61 Å². The standard InChI is InChI=1S/C16H18O3/c1-18-15-6-4-14(5-7-15)12-19-16-8-2-13(3-9-16)10-11-17/h2-9,17H,10-12H2,1H3. The highest BCUT2D eigenvalue weighted by molar-refractivity contribution is 5.29. The molecule has 0 saturated carbocycles. The van der Waals surface area contributed by atoms with Crippen molar-refractivity contribution in [3.8, 4) is 11.5 Å². The summed E-state index contributed by atoms with van der Waals surface area (Å²) in [6, 6.07) is 15.6. The zero-order valence-electron chi connectivity index (χ0n) is 11.0. The first-order valence-electron chi connectivity index (χ1n) is 6.27. The summed E-state index contributed by atoms with van der Waals surface area (Å²) in [7, 11) is 1.65. The number of methoxy groups -OCH3 is 1. The van der Waals surface area contributed by atoms with E-state index in [1.54, 1.807) is 7.11 Å². The van der Waals surface area contributed by atoms with Gasteiger partial charge in [-0.3, -0.25) is 0 Å². The molecule has 2 rings (SSSR count). The Hall–Kier alpha value is -2.00. The lowest BCUT2D eigenvalue weighted by Crippen LogP contribution is -1.96. The predicted molar refractivity (Wildman–Crippen MR) is 74.6 cm³/mol. The molecule has 0 aliphatic rings. The van der Waals surface area contributed by atoms with Crippen LogP contribution in [0.5, 0.6) is 11.5 Å². The van der Waals surface area contributed by atoms with E-state index in [4.69, 9.17) is 14.6 Å². The van der Waals surface area contributed by atoms with Gasteiger partial charge in [-0.2, -0.15) is 0 Å². The molecule has 0 unspecified atom stereocenters.